The van der Waals surface area contributed by atoms with Gasteiger partial charge in [0.05, 0.1) is 11.9 Å². The van der Waals surface area contributed by atoms with Gasteiger partial charge in [-0.15, -0.1) is 0 Å². The van der Waals surface area contributed by atoms with Gasteiger partial charge in [0.25, 0.3) is 0 Å². The number of sulfonamides is 1. The lowest BCUT2D eigenvalue weighted by atomic mass is 10.1. The van der Waals surface area contributed by atoms with Crippen LogP contribution in [0.3, 0.4) is 0 Å². The molecule has 0 amide bonds. The molecule has 0 aliphatic rings. The van der Waals surface area contributed by atoms with Crippen LogP contribution in [0, 0.1) is 13.8 Å². The molecule has 0 heterocycles. The standard InChI is InChI=1S/C13H19NO4S/c1-5-12(13(15)16)14(19(4,17)18)11-7-9(2)6-10(3)8-11/h6-8,12H,5H2,1-4H3,(H,15,16). The van der Waals surface area contributed by atoms with Gasteiger partial charge in [0.1, 0.15) is 6.04 Å². The number of nitrogens with zero attached hydrogens (tertiary/aromatic N) is 1. The number of carbonyl (C=O) groups is 1. The minimum absolute atomic E-state index is 0.204. The second kappa shape index (κ2) is 5.61. The van der Waals surface area contributed by atoms with Gasteiger partial charge in [-0.3, -0.25) is 4.31 Å². The van der Waals surface area contributed by atoms with E-state index in [0.717, 1.165) is 21.7 Å². The first kappa shape index (κ1) is 15.5. The zero-order valence-corrected chi connectivity index (χ0v) is 12.4. The van der Waals surface area contributed by atoms with Gasteiger partial charge in [-0.05, 0) is 43.5 Å². The van der Waals surface area contributed by atoms with E-state index in [2.05, 4.69) is 0 Å². The highest BCUT2D eigenvalue weighted by Gasteiger charge is 2.31. The highest BCUT2D eigenvalue weighted by molar-refractivity contribution is 7.92. The molecule has 0 fully saturated rings. The lowest BCUT2D eigenvalue weighted by molar-refractivity contribution is -0.138. The monoisotopic (exact) mass is 285 g/mol. The highest BCUT2D eigenvalue weighted by Crippen LogP contribution is 2.25. The zero-order chi connectivity index (χ0) is 14.8. The lowest BCUT2D eigenvalue weighted by Gasteiger charge is -2.28. The summed E-state index contributed by atoms with van der Waals surface area (Å²) in [4.78, 5) is 11.3. The molecular weight excluding hydrogens is 266 g/mol. The zero-order valence-electron chi connectivity index (χ0n) is 11.5. The SMILES string of the molecule is CCC(C(=O)O)N(c1cc(C)cc(C)c1)S(C)(=O)=O. The van der Waals surface area contributed by atoms with Crippen LogP contribution in [0.4, 0.5) is 5.69 Å². The third-order valence-corrected chi connectivity index (χ3v) is 3.95. The Morgan fingerprint density at radius 2 is 1.74 bits per heavy atom. The van der Waals surface area contributed by atoms with Crippen LogP contribution >= 0.6 is 0 Å². The van der Waals surface area contributed by atoms with Gasteiger partial charge in [-0.1, -0.05) is 13.0 Å². The minimum atomic E-state index is -3.66. The predicted octanol–water partition coefficient (Wildman–Crippen LogP) is 1.93. The van der Waals surface area contributed by atoms with Gasteiger partial charge < -0.3 is 5.11 Å². The molecule has 0 aliphatic heterocycles. The van der Waals surface area contributed by atoms with Gasteiger partial charge in [0.2, 0.25) is 10.0 Å². The van der Waals surface area contributed by atoms with Crippen LogP contribution in [0.2, 0.25) is 0 Å². The number of carboxylic acid groups (broad SMARTS) is 1. The van der Waals surface area contributed by atoms with E-state index in [1.165, 1.54) is 0 Å². The third kappa shape index (κ3) is 3.70. The Kier molecular flexibility index (Phi) is 4.57. The minimum Gasteiger partial charge on any atom is -0.480 e. The maximum absolute atomic E-state index is 11.9. The molecule has 1 aromatic carbocycles. The topological polar surface area (TPSA) is 74.7 Å². The summed E-state index contributed by atoms with van der Waals surface area (Å²) in [6.07, 6.45) is 1.23. The Morgan fingerprint density at radius 1 is 1.26 bits per heavy atom. The molecule has 6 heteroatoms. The number of hydrogen-bond donors (Lipinski definition) is 1. The van der Waals surface area contributed by atoms with Gasteiger partial charge in [-0.2, -0.15) is 0 Å². The summed E-state index contributed by atoms with van der Waals surface area (Å²) in [5, 5.41) is 9.20. The Balaban J connectivity index is 3.44. The van der Waals surface area contributed by atoms with Crippen molar-refractivity contribution in [3.05, 3.63) is 29.3 Å². The van der Waals surface area contributed by atoms with Crippen LogP contribution in [-0.2, 0) is 14.8 Å². The molecule has 1 unspecified atom stereocenters. The fourth-order valence-electron chi connectivity index (χ4n) is 2.12. The van der Waals surface area contributed by atoms with Crippen molar-refractivity contribution in [3.63, 3.8) is 0 Å². The molecule has 0 bridgehead atoms. The molecule has 1 N–H and O–H groups in total. The largest absolute Gasteiger partial charge is 0.480 e. The molecule has 0 radical (unpaired) electrons. The molecular formula is C13H19NO4S. The first-order chi connectivity index (χ1) is 8.66. The highest BCUT2D eigenvalue weighted by atomic mass is 32.2. The van der Waals surface area contributed by atoms with Crippen LogP contribution in [0.25, 0.3) is 0 Å². The fourth-order valence-corrected chi connectivity index (χ4v) is 3.31. The van der Waals surface area contributed by atoms with Crippen LogP contribution in [0.5, 0.6) is 0 Å². The Bertz CT molecular complexity index is 560. The number of rotatable bonds is 5. The predicted molar refractivity (Wildman–Crippen MR) is 75.0 cm³/mol. The average molecular weight is 285 g/mol. The van der Waals surface area contributed by atoms with Gasteiger partial charge >= 0.3 is 5.97 Å². The van der Waals surface area contributed by atoms with E-state index < -0.39 is 22.0 Å². The van der Waals surface area contributed by atoms with E-state index in [1.54, 1.807) is 19.1 Å². The molecule has 0 aliphatic carbocycles. The van der Waals surface area contributed by atoms with Gasteiger partial charge in [0.15, 0.2) is 0 Å². The second-order valence-corrected chi connectivity index (χ2v) is 6.53. The number of aryl methyl sites for hydroxylation is 2. The molecule has 5 nitrogen and oxygen atoms in total. The summed E-state index contributed by atoms with van der Waals surface area (Å²) in [6, 6.07) is 4.18. The molecule has 106 valence electrons. The summed E-state index contributed by atoms with van der Waals surface area (Å²) in [5.41, 5.74) is 2.18. The molecule has 0 saturated heterocycles. The van der Waals surface area contributed by atoms with Crippen LogP contribution in [0.1, 0.15) is 24.5 Å². The number of benzene rings is 1. The van der Waals surface area contributed by atoms with Crippen molar-refractivity contribution in [2.24, 2.45) is 0 Å². The summed E-state index contributed by atoms with van der Waals surface area (Å²) >= 11 is 0. The molecule has 19 heavy (non-hydrogen) atoms. The van der Waals surface area contributed by atoms with Crippen molar-refractivity contribution in [3.8, 4) is 0 Å². The van der Waals surface area contributed by atoms with Crippen LogP contribution in [0.15, 0.2) is 18.2 Å². The first-order valence-corrected chi connectivity index (χ1v) is 7.82. The van der Waals surface area contributed by atoms with E-state index in [1.807, 2.05) is 19.9 Å². The van der Waals surface area contributed by atoms with Crippen molar-refractivity contribution in [2.45, 2.75) is 33.2 Å². The van der Waals surface area contributed by atoms with Crippen LogP contribution in [-0.4, -0.2) is 31.8 Å². The molecule has 1 atom stereocenters. The number of hydrogen-bond acceptors (Lipinski definition) is 3. The number of carboxylic acids is 1. The van der Waals surface area contributed by atoms with Crippen molar-refractivity contribution in [1.82, 2.24) is 0 Å². The van der Waals surface area contributed by atoms with E-state index in [9.17, 15) is 18.3 Å². The summed E-state index contributed by atoms with van der Waals surface area (Å²) in [7, 11) is -3.66. The normalized spacial score (nSPS) is 13.1. The van der Waals surface area contributed by atoms with E-state index in [4.69, 9.17) is 0 Å². The van der Waals surface area contributed by atoms with E-state index in [-0.39, 0.29) is 6.42 Å². The quantitative estimate of drug-likeness (QED) is 0.897. The average Bonchev–Trinajstić information content (AvgIpc) is 2.21. The maximum atomic E-state index is 11.9. The van der Waals surface area contributed by atoms with Crippen molar-refractivity contribution >= 4 is 21.7 Å². The van der Waals surface area contributed by atoms with Gasteiger partial charge in [0, 0.05) is 0 Å². The first-order valence-electron chi connectivity index (χ1n) is 5.97. The molecule has 1 rings (SSSR count). The smallest absolute Gasteiger partial charge is 0.327 e. The number of aliphatic carboxylic acids is 1. The van der Waals surface area contributed by atoms with E-state index >= 15 is 0 Å². The van der Waals surface area contributed by atoms with Crippen molar-refractivity contribution in [2.75, 3.05) is 10.6 Å². The Morgan fingerprint density at radius 3 is 2.05 bits per heavy atom. The molecule has 0 saturated carbocycles. The molecule has 1 aromatic rings. The summed E-state index contributed by atoms with van der Waals surface area (Å²) < 4.78 is 24.8. The molecule has 0 spiro atoms. The molecule has 0 aromatic heterocycles. The van der Waals surface area contributed by atoms with Crippen molar-refractivity contribution in [1.29, 1.82) is 0 Å². The fraction of sp³-hybridized carbons (Fsp3) is 0.462. The summed E-state index contributed by atoms with van der Waals surface area (Å²) in [5.74, 6) is -1.15. The summed E-state index contributed by atoms with van der Waals surface area (Å²) in [6.45, 7) is 5.34. The Labute approximate surface area is 113 Å². The second-order valence-electron chi connectivity index (χ2n) is 4.67. The van der Waals surface area contributed by atoms with E-state index in [0.29, 0.717) is 5.69 Å². The van der Waals surface area contributed by atoms with Crippen LogP contribution < -0.4 is 4.31 Å². The van der Waals surface area contributed by atoms with Crippen molar-refractivity contribution < 1.29 is 18.3 Å². The number of anilines is 1. The lowest BCUT2D eigenvalue weighted by Crippen LogP contribution is -2.44. The third-order valence-electron chi connectivity index (χ3n) is 2.77. The maximum Gasteiger partial charge on any atom is 0.327 e. The van der Waals surface area contributed by atoms with Gasteiger partial charge in [-0.25, -0.2) is 13.2 Å². The Hall–Kier alpha value is -1.56.